The Kier molecular flexibility index (Phi) is 6.91. The minimum absolute atomic E-state index is 0.0129. The third-order valence-electron chi connectivity index (χ3n) is 6.25. The lowest BCUT2D eigenvalue weighted by atomic mass is 10.1. The highest BCUT2D eigenvalue weighted by Gasteiger charge is 2.37. The molecule has 0 bridgehead atoms. The van der Waals surface area contributed by atoms with E-state index in [0.717, 1.165) is 22.6 Å². The predicted octanol–water partition coefficient (Wildman–Crippen LogP) is 4.80. The minimum atomic E-state index is -0.367. The fourth-order valence-electron chi connectivity index (χ4n) is 4.43. The van der Waals surface area contributed by atoms with E-state index >= 15 is 0 Å². The van der Waals surface area contributed by atoms with Gasteiger partial charge in [0.25, 0.3) is 0 Å². The lowest BCUT2D eigenvalue weighted by Crippen LogP contribution is -2.30. The first-order valence-electron chi connectivity index (χ1n) is 11.7. The van der Waals surface area contributed by atoms with Crippen LogP contribution in [-0.2, 0) is 9.59 Å². The molecule has 2 aromatic carbocycles. The lowest BCUT2D eigenvalue weighted by Gasteiger charge is -2.25. The van der Waals surface area contributed by atoms with Crippen molar-refractivity contribution < 1.29 is 9.59 Å². The summed E-state index contributed by atoms with van der Waals surface area (Å²) in [6.07, 6.45) is 0.231. The summed E-state index contributed by atoms with van der Waals surface area (Å²) in [5.74, 6) is 0.177. The van der Waals surface area contributed by atoms with Gasteiger partial charge in [0.1, 0.15) is 0 Å². The average molecular weight is 458 g/mol. The van der Waals surface area contributed by atoms with Crippen LogP contribution in [-0.4, -0.2) is 39.8 Å². The van der Waals surface area contributed by atoms with Crippen LogP contribution in [0.2, 0.25) is 0 Å². The van der Waals surface area contributed by atoms with Gasteiger partial charge in [0.2, 0.25) is 17.8 Å². The normalized spacial score (nSPS) is 16.4. The number of hydrogen-bond donors (Lipinski definition) is 1. The summed E-state index contributed by atoms with van der Waals surface area (Å²) < 4.78 is 0. The van der Waals surface area contributed by atoms with E-state index in [0.29, 0.717) is 24.7 Å². The lowest BCUT2D eigenvalue weighted by molar-refractivity contribution is -0.129. The predicted molar refractivity (Wildman–Crippen MR) is 134 cm³/mol. The molecule has 1 N–H and O–H groups in total. The van der Waals surface area contributed by atoms with Crippen LogP contribution < -0.4 is 10.2 Å². The second-order valence-corrected chi connectivity index (χ2v) is 8.76. The van der Waals surface area contributed by atoms with Crippen molar-refractivity contribution in [3.63, 3.8) is 0 Å². The largest absolute Gasteiger partial charge is 0.335 e. The van der Waals surface area contributed by atoms with Crippen molar-refractivity contribution in [2.75, 3.05) is 23.3 Å². The molecule has 1 aliphatic rings. The Hall–Kier alpha value is -3.74. The van der Waals surface area contributed by atoms with Gasteiger partial charge in [-0.1, -0.05) is 30.3 Å². The van der Waals surface area contributed by atoms with E-state index in [1.165, 1.54) is 0 Å². The number of anilines is 3. The Labute approximate surface area is 200 Å². The van der Waals surface area contributed by atoms with Crippen molar-refractivity contribution in [2.45, 2.75) is 40.2 Å². The summed E-state index contributed by atoms with van der Waals surface area (Å²) in [6, 6.07) is 19.4. The molecule has 0 aliphatic carbocycles. The fraction of sp³-hybridized carbons (Fsp3) is 0.333. The average Bonchev–Trinajstić information content (AvgIpc) is 3.22. The van der Waals surface area contributed by atoms with E-state index < -0.39 is 0 Å². The quantitative estimate of drug-likeness (QED) is 0.551. The van der Waals surface area contributed by atoms with Crippen LogP contribution in [0.3, 0.4) is 0 Å². The van der Waals surface area contributed by atoms with Crippen LogP contribution in [0.1, 0.15) is 43.3 Å². The standard InChI is InChI=1S/C27H31N5O2/c1-5-31(27-28-18(2)15-19(3)29-27)24-13-11-23(12-14-24)30-26(34)22-16-25(33)32(17-22)20(4)21-9-7-6-8-10-21/h6-15,20,22H,5,16-17H2,1-4H3,(H,30,34). The first-order chi connectivity index (χ1) is 16.4. The number of aryl methyl sites for hydroxylation is 2. The zero-order valence-electron chi connectivity index (χ0n) is 20.2. The van der Waals surface area contributed by atoms with Crippen molar-refractivity contribution in [1.82, 2.24) is 14.9 Å². The third kappa shape index (κ3) is 5.09. The Balaban J connectivity index is 1.41. The van der Waals surface area contributed by atoms with Gasteiger partial charge < -0.3 is 15.1 Å². The Morgan fingerprint density at radius 2 is 1.74 bits per heavy atom. The number of benzene rings is 2. The van der Waals surface area contributed by atoms with Gasteiger partial charge in [-0.15, -0.1) is 0 Å². The molecule has 1 saturated heterocycles. The molecular weight excluding hydrogens is 426 g/mol. The smallest absolute Gasteiger partial charge is 0.230 e. The molecule has 2 amide bonds. The molecule has 2 atom stereocenters. The molecule has 0 spiro atoms. The number of aromatic nitrogens is 2. The van der Waals surface area contributed by atoms with Crippen LogP contribution in [0.5, 0.6) is 0 Å². The highest BCUT2D eigenvalue weighted by Crippen LogP contribution is 2.30. The minimum Gasteiger partial charge on any atom is -0.335 e. The molecule has 3 aromatic rings. The fourth-order valence-corrected chi connectivity index (χ4v) is 4.43. The summed E-state index contributed by atoms with van der Waals surface area (Å²) in [5.41, 5.74) is 4.57. The zero-order chi connectivity index (χ0) is 24.2. The second-order valence-electron chi connectivity index (χ2n) is 8.76. The van der Waals surface area contributed by atoms with Crippen molar-refractivity contribution in [1.29, 1.82) is 0 Å². The molecule has 1 fully saturated rings. The molecule has 4 rings (SSSR count). The molecule has 176 valence electrons. The van der Waals surface area contributed by atoms with E-state index in [1.807, 2.05) is 86.3 Å². The van der Waals surface area contributed by atoms with Gasteiger partial charge in [-0.25, -0.2) is 9.97 Å². The van der Waals surface area contributed by atoms with Crippen molar-refractivity contribution >= 4 is 29.1 Å². The van der Waals surface area contributed by atoms with Gasteiger partial charge in [0, 0.05) is 42.3 Å². The molecule has 7 heteroatoms. The van der Waals surface area contributed by atoms with Crippen LogP contribution in [0.4, 0.5) is 17.3 Å². The highest BCUT2D eigenvalue weighted by molar-refractivity contribution is 5.97. The van der Waals surface area contributed by atoms with Gasteiger partial charge in [-0.05, 0) is 63.6 Å². The Morgan fingerprint density at radius 3 is 2.35 bits per heavy atom. The topological polar surface area (TPSA) is 78.4 Å². The SMILES string of the molecule is CCN(c1ccc(NC(=O)C2CC(=O)N(C(C)c3ccccc3)C2)cc1)c1nc(C)cc(C)n1. The molecule has 0 radical (unpaired) electrons. The molecular formula is C27H31N5O2. The van der Waals surface area contributed by atoms with Crippen LogP contribution >= 0.6 is 0 Å². The molecule has 0 saturated carbocycles. The van der Waals surface area contributed by atoms with Gasteiger partial charge in [-0.3, -0.25) is 9.59 Å². The molecule has 2 unspecified atom stereocenters. The van der Waals surface area contributed by atoms with Crippen molar-refractivity contribution in [2.24, 2.45) is 5.92 Å². The van der Waals surface area contributed by atoms with E-state index in [1.54, 1.807) is 4.90 Å². The number of rotatable bonds is 7. The number of nitrogens with zero attached hydrogens (tertiary/aromatic N) is 4. The van der Waals surface area contributed by atoms with Crippen molar-refractivity contribution in [3.05, 3.63) is 77.6 Å². The number of amides is 2. The molecule has 1 aliphatic heterocycles. The van der Waals surface area contributed by atoms with Crippen LogP contribution in [0, 0.1) is 19.8 Å². The van der Waals surface area contributed by atoms with Crippen LogP contribution in [0.15, 0.2) is 60.7 Å². The number of nitrogens with one attached hydrogen (secondary N) is 1. The highest BCUT2D eigenvalue weighted by atomic mass is 16.2. The number of hydrogen-bond acceptors (Lipinski definition) is 5. The molecule has 7 nitrogen and oxygen atoms in total. The summed E-state index contributed by atoms with van der Waals surface area (Å²) in [5, 5.41) is 2.98. The van der Waals surface area contributed by atoms with Crippen molar-refractivity contribution in [3.8, 4) is 0 Å². The van der Waals surface area contributed by atoms with E-state index in [2.05, 4.69) is 22.2 Å². The monoisotopic (exact) mass is 457 g/mol. The summed E-state index contributed by atoms with van der Waals surface area (Å²) >= 11 is 0. The molecule has 2 heterocycles. The molecule has 1 aromatic heterocycles. The Bertz CT molecular complexity index is 1140. The number of carbonyl (C=O) groups is 2. The number of likely N-dealkylation sites (tertiary alicyclic amines) is 1. The van der Waals surface area contributed by atoms with Gasteiger partial charge >= 0.3 is 0 Å². The molecule has 34 heavy (non-hydrogen) atoms. The first-order valence-corrected chi connectivity index (χ1v) is 11.7. The maximum Gasteiger partial charge on any atom is 0.230 e. The third-order valence-corrected chi connectivity index (χ3v) is 6.25. The summed E-state index contributed by atoms with van der Waals surface area (Å²) in [4.78, 5) is 38.5. The second kappa shape index (κ2) is 10.0. The number of carbonyl (C=O) groups excluding carboxylic acids is 2. The van der Waals surface area contributed by atoms with Gasteiger partial charge in [0.05, 0.1) is 12.0 Å². The Morgan fingerprint density at radius 1 is 1.09 bits per heavy atom. The van der Waals surface area contributed by atoms with E-state index in [4.69, 9.17) is 0 Å². The maximum atomic E-state index is 12.9. The summed E-state index contributed by atoms with van der Waals surface area (Å²) in [6.45, 7) is 9.11. The maximum absolute atomic E-state index is 12.9. The summed E-state index contributed by atoms with van der Waals surface area (Å²) in [7, 11) is 0. The van der Waals surface area contributed by atoms with Gasteiger partial charge in [-0.2, -0.15) is 0 Å². The first kappa shape index (κ1) is 23.4. The van der Waals surface area contributed by atoms with Gasteiger partial charge in [0.15, 0.2) is 0 Å². The zero-order valence-corrected chi connectivity index (χ0v) is 20.2. The van der Waals surface area contributed by atoms with Crippen LogP contribution in [0.25, 0.3) is 0 Å². The van der Waals surface area contributed by atoms with E-state index in [-0.39, 0.29) is 30.2 Å². The van der Waals surface area contributed by atoms with E-state index in [9.17, 15) is 9.59 Å².